The van der Waals surface area contributed by atoms with Gasteiger partial charge in [-0.2, -0.15) is 0 Å². The first-order chi connectivity index (χ1) is 14.0. The van der Waals surface area contributed by atoms with Gasteiger partial charge < -0.3 is 9.80 Å². The summed E-state index contributed by atoms with van der Waals surface area (Å²) in [5.74, 6) is 0.0850. The van der Waals surface area contributed by atoms with Crippen LogP contribution in [0.1, 0.15) is 29.8 Å². The second-order valence-electron chi connectivity index (χ2n) is 7.20. The lowest BCUT2D eigenvalue weighted by molar-refractivity contribution is -0.644. The van der Waals surface area contributed by atoms with Crippen LogP contribution in [0.2, 0.25) is 0 Å². The van der Waals surface area contributed by atoms with Gasteiger partial charge in [0.15, 0.2) is 6.20 Å². The number of carbonyl (C=O) groups excluding carboxylic acids is 1. The zero-order valence-electron chi connectivity index (χ0n) is 17.3. The molecule has 29 heavy (non-hydrogen) atoms. The molecule has 1 aliphatic heterocycles. The van der Waals surface area contributed by atoms with Crippen LogP contribution in [0.3, 0.4) is 0 Å². The van der Waals surface area contributed by atoms with Gasteiger partial charge in [0.25, 0.3) is 5.91 Å². The largest absolute Gasteiger partial charge is 0.339 e. The highest BCUT2D eigenvalue weighted by atomic mass is 32.2. The van der Waals surface area contributed by atoms with E-state index in [9.17, 15) is 4.79 Å². The maximum Gasteiger partial charge on any atom is 0.253 e. The quantitative estimate of drug-likeness (QED) is 0.591. The van der Waals surface area contributed by atoms with E-state index in [4.69, 9.17) is 0 Å². The topological polar surface area (TPSA) is 27.4 Å². The predicted molar refractivity (Wildman–Crippen MR) is 121 cm³/mol. The average molecular weight is 405 g/mol. The van der Waals surface area contributed by atoms with Crippen molar-refractivity contribution in [3.05, 3.63) is 70.9 Å². The number of thioether (sulfide) groups is 1. The number of para-hydroxylation sites is 1. The maximum atomic E-state index is 12.9. The van der Waals surface area contributed by atoms with E-state index in [1.807, 2.05) is 44.0 Å². The van der Waals surface area contributed by atoms with Crippen LogP contribution in [0.5, 0.6) is 0 Å². The normalized spacial score (nSPS) is 14.5. The van der Waals surface area contributed by atoms with Crippen molar-refractivity contribution in [2.24, 2.45) is 7.05 Å². The summed E-state index contributed by atoms with van der Waals surface area (Å²) in [7, 11) is 4.14. The van der Waals surface area contributed by atoms with E-state index in [1.54, 1.807) is 11.8 Å². The molecule has 0 aliphatic carbocycles. The number of aromatic nitrogens is 1. The Bertz CT molecular complexity index is 1120. The van der Waals surface area contributed by atoms with Gasteiger partial charge in [0.2, 0.25) is 5.52 Å². The molecule has 0 radical (unpaired) electrons. The molecule has 0 bridgehead atoms. The van der Waals surface area contributed by atoms with Crippen LogP contribution in [0.15, 0.2) is 64.7 Å². The van der Waals surface area contributed by atoms with Crippen molar-refractivity contribution in [3.63, 3.8) is 0 Å². The Balaban J connectivity index is 1.80. The van der Waals surface area contributed by atoms with Gasteiger partial charge in [-0.15, -0.1) is 0 Å². The van der Waals surface area contributed by atoms with Crippen LogP contribution in [0.4, 0.5) is 5.69 Å². The lowest BCUT2D eigenvalue weighted by Gasteiger charge is -2.18. The fraction of sp³-hybridized carbons (Fsp3) is 0.250. The van der Waals surface area contributed by atoms with E-state index < -0.39 is 0 Å². The molecule has 1 aromatic heterocycles. The number of carbonyl (C=O) groups is 1. The lowest BCUT2D eigenvalue weighted by atomic mass is 10.0. The van der Waals surface area contributed by atoms with Crippen molar-refractivity contribution >= 4 is 40.3 Å². The van der Waals surface area contributed by atoms with Gasteiger partial charge in [-0.3, -0.25) is 4.79 Å². The SMILES string of the molecule is CCN(CC)C(=O)c1ccc2c(c1)c(/C=C1\Sc3ccccc3N1C)cc[n+]2C. The Kier molecular flexibility index (Phi) is 5.33. The number of fused-ring (bicyclic) bond motifs is 2. The van der Waals surface area contributed by atoms with Gasteiger partial charge in [0.1, 0.15) is 7.05 Å². The number of aryl methyl sites for hydroxylation is 1. The zero-order chi connectivity index (χ0) is 20.5. The predicted octanol–water partition coefficient (Wildman–Crippen LogP) is 4.69. The molecular weight excluding hydrogens is 378 g/mol. The van der Waals surface area contributed by atoms with Gasteiger partial charge in [-0.25, -0.2) is 4.57 Å². The van der Waals surface area contributed by atoms with Crippen molar-refractivity contribution in [2.45, 2.75) is 18.7 Å². The molecule has 4 nitrogen and oxygen atoms in total. The number of rotatable bonds is 4. The van der Waals surface area contributed by atoms with E-state index in [0.29, 0.717) is 13.1 Å². The first-order valence-corrected chi connectivity index (χ1v) is 10.8. The minimum Gasteiger partial charge on any atom is -0.339 e. The molecule has 2 aromatic carbocycles. The van der Waals surface area contributed by atoms with Crippen molar-refractivity contribution < 1.29 is 9.36 Å². The van der Waals surface area contributed by atoms with E-state index in [0.717, 1.165) is 22.0 Å². The van der Waals surface area contributed by atoms with E-state index in [1.165, 1.54) is 15.6 Å². The highest BCUT2D eigenvalue weighted by Crippen LogP contribution is 2.45. The summed E-state index contributed by atoms with van der Waals surface area (Å²) in [6, 6.07) is 16.6. The molecule has 0 saturated carbocycles. The minimum atomic E-state index is 0.0850. The monoisotopic (exact) mass is 404 g/mol. The van der Waals surface area contributed by atoms with E-state index in [-0.39, 0.29) is 5.91 Å². The lowest BCUT2D eigenvalue weighted by Crippen LogP contribution is -2.31. The first-order valence-electron chi connectivity index (χ1n) is 9.97. The van der Waals surface area contributed by atoms with Gasteiger partial charge in [0, 0.05) is 42.7 Å². The fourth-order valence-corrected chi connectivity index (χ4v) is 4.87. The van der Waals surface area contributed by atoms with Crippen LogP contribution < -0.4 is 9.47 Å². The molecule has 4 rings (SSSR count). The molecule has 0 saturated heterocycles. The zero-order valence-corrected chi connectivity index (χ0v) is 18.2. The first kappa shape index (κ1) is 19.5. The number of nitrogens with zero attached hydrogens (tertiary/aromatic N) is 3. The number of hydrogen-bond donors (Lipinski definition) is 0. The fourth-order valence-electron chi connectivity index (χ4n) is 3.77. The Labute approximate surface area is 176 Å². The smallest absolute Gasteiger partial charge is 0.253 e. The molecule has 5 heteroatoms. The van der Waals surface area contributed by atoms with Crippen LogP contribution in [0, 0.1) is 0 Å². The molecule has 2 heterocycles. The highest BCUT2D eigenvalue weighted by Gasteiger charge is 2.22. The standard InChI is InChI=1S/C24H26N3OS/c1-5-27(6-2)24(28)18-11-12-20-19(15-18)17(13-14-25(20)3)16-23-26(4)21-9-7-8-10-22(21)29-23/h7-16H,5-6H2,1-4H3/q+1. The van der Waals surface area contributed by atoms with Crippen LogP contribution >= 0.6 is 11.8 Å². The Morgan fingerprint density at radius 1 is 1.14 bits per heavy atom. The number of anilines is 1. The molecule has 0 spiro atoms. The van der Waals surface area contributed by atoms with Crippen molar-refractivity contribution in [1.29, 1.82) is 0 Å². The number of benzene rings is 2. The summed E-state index contributed by atoms with van der Waals surface area (Å²) in [5, 5.41) is 2.27. The summed E-state index contributed by atoms with van der Waals surface area (Å²) in [4.78, 5) is 18.2. The van der Waals surface area contributed by atoms with Crippen LogP contribution in [0.25, 0.3) is 17.0 Å². The summed E-state index contributed by atoms with van der Waals surface area (Å²) < 4.78 is 2.10. The molecule has 0 fully saturated rings. The molecule has 0 atom stereocenters. The summed E-state index contributed by atoms with van der Waals surface area (Å²) >= 11 is 1.78. The number of amides is 1. The van der Waals surface area contributed by atoms with Crippen molar-refractivity contribution in [2.75, 3.05) is 25.0 Å². The summed E-state index contributed by atoms with van der Waals surface area (Å²) in [6.45, 7) is 5.46. The second-order valence-corrected chi connectivity index (χ2v) is 8.26. The summed E-state index contributed by atoms with van der Waals surface area (Å²) in [5.41, 5.74) is 4.20. The van der Waals surface area contributed by atoms with Crippen molar-refractivity contribution in [3.8, 4) is 0 Å². The van der Waals surface area contributed by atoms with Gasteiger partial charge in [-0.05, 0) is 49.8 Å². The number of pyridine rings is 1. The third-order valence-electron chi connectivity index (χ3n) is 5.51. The van der Waals surface area contributed by atoms with Gasteiger partial charge >= 0.3 is 0 Å². The van der Waals surface area contributed by atoms with Crippen LogP contribution in [-0.2, 0) is 7.05 Å². The Morgan fingerprint density at radius 3 is 2.62 bits per heavy atom. The molecule has 148 valence electrons. The van der Waals surface area contributed by atoms with Crippen LogP contribution in [-0.4, -0.2) is 30.9 Å². The third-order valence-corrected chi connectivity index (χ3v) is 6.68. The number of hydrogen-bond acceptors (Lipinski definition) is 3. The average Bonchev–Trinajstić information content (AvgIpc) is 3.06. The maximum absolute atomic E-state index is 12.9. The summed E-state index contributed by atoms with van der Waals surface area (Å²) in [6.07, 6.45) is 4.30. The Hall–Kier alpha value is -2.79. The van der Waals surface area contributed by atoms with E-state index in [2.05, 4.69) is 59.1 Å². The van der Waals surface area contributed by atoms with Gasteiger partial charge in [0.05, 0.1) is 16.1 Å². The molecule has 1 amide bonds. The van der Waals surface area contributed by atoms with E-state index >= 15 is 0 Å². The van der Waals surface area contributed by atoms with Crippen molar-refractivity contribution in [1.82, 2.24) is 4.90 Å². The molecule has 1 aliphatic rings. The second kappa shape index (κ2) is 7.91. The Morgan fingerprint density at radius 2 is 1.90 bits per heavy atom. The molecular formula is C24H26N3OS+. The van der Waals surface area contributed by atoms with Gasteiger partial charge in [-0.1, -0.05) is 23.9 Å². The third kappa shape index (κ3) is 3.51. The minimum absolute atomic E-state index is 0.0850. The molecule has 3 aromatic rings. The highest BCUT2D eigenvalue weighted by molar-refractivity contribution is 8.03. The molecule has 0 unspecified atom stereocenters. The molecule has 0 N–H and O–H groups in total.